The lowest BCUT2D eigenvalue weighted by Gasteiger charge is -2.34. The van der Waals surface area contributed by atoms with Gasteiger partial charge in [-0.2, -0.15) is 20.2 Å². The van der Waals surface area contributed by atoms with Crippen LogP contribution in [0.2, 0.25) is 0 Å². The van der Waals surface area contributed by atoms with Gasteiger partial charge in [-0.15, -0.1) is 0 Å². The molecule has 0 radical (unpaired) electrons. The van der Waals surface area contributed by atoms with Gasteiger partial charge in [0.2, 0.25) is 0 Å². The zero-order valence-corrected chi connectivity index (χ0v) is 22.9. The van der Waals surface area contributed by atoms with Gasteiger partial charge in [0.05, 0.1) is 33.9 Å². The molecule has 3 aliphatic rings. The summed E-state index contributed by atoms with van der Waals surface area (Å²) >= 11 is 0. The molecule has 2 aromatic carbocycles. The molecule has 0 unspecified atom stereocenters. The summed E-state index contributed by atoms with van der Waals surface area (Å²) in [5, 5.41) is 12.0. The van der Waals surface area contributed by atoms with E-state index in [4.69, 9.17) is 0 Å². The zero-order chi connectivity index (χ0) is 27.1. The molecule has 5 rings (SSSR count). The van der Waals surface area contributed by atoms with Crippen molar-refractivity contribution < 1.29 is 9.59 Å². The second-order valence-corrected chi connectivity index (χ2v) is 10.3. The van der Waals surface area contributed by atoms with Gasteiger partial charge in [0.1, 0.15) is 0 Å². The van der Waals surface area contributed by atoms with Crippen molar-refractivity contribution in [2.45, 2.75) is 41.5 Å². The Morgan fingerprint density at radius 1 is 0.579 bits per heavy atom. The SMILES string of the molecule is CC1=NN(c2ccc(C)c(C)c2)C(=O)C1=CN1CCN(C=C2C(=O)N(c3ccc(C)c(C)c3)N=C2C)CC1. The molecule has 0 atom stereocenters. The minimum absolute atomic E-state index is 0.106. The first-order valence-corrected chi connectivity index (χ1v) is 13.0. The number of amides is 2. The molecule has 0 N–H and O–H groups in total. The number of anilines is 2. The van der Waals surface area contributed by atoms with Gasteiger partial charge in [0, 0.05) is 38.6 Å². The maximum absolute atomic E-state index is 13.2. The number of hydrogen-bond donors (Lipinski definition) is 0. The van der Waals surface area contributed by atoms with Gasteiger partial charge >= 0.3 is 0 Å². The van der Waals surface area contributed by atoms with Crippen molar-refractivity contribution >= 4 is 34.6 Å². The van der Waals surface area contributed by atoms with Gasteiger partial charge in [-0.3, -0.25) is 9.59 Å². The molecule has 8 heteroatoms. The van der Waals surface area contributed by atoms with Crippen molar-refractivity contribution in [3.63, 3.8) is 0 Å². The second-order valence-electron chi connectivity index (χ2n) is 10.3. The van der Waals surface area contributed by atoms with E-state index in [2.05, 4.69) is 33.9 Å². The molecular formula is C30H34N6O2. The fourth-order valence-electron chi connectivity index (χ4n) is 4.76. The van der Waals surface area contributed by atoms with Crippen molar-refractivity contribution in [1.82, 2.24) is 9.80 Å². The van der Waals surface area contributed by atoms with E-state index in [1.54, 1.807) is 0 Å². The lowest BCUT2D eigenvalue weighted by atomic mass is 10.1. The van der Waals surface area contributed by atoms with E-state index in [1.807, 2.05) is 76.5 Å². The highest BCUT2D eigenvalue weighted by Crippen LogP contribution is 2.27. The topological polar surface area (TPSA) is 71.8 Å². The van der Waals surface area contributed by atoms with Gasteiger partial charge in [-0.25, -0.2) is 0 Å². The van der Waals surface area contributed by atoms with Gasteiger partial charge in [-0.05, 0) is 88.1 Å². The summed E-state index contributed by atoms with van der Waals surface area (Å²) in [6.07, 6.45) is 3.86. The zero-order valence-electron chi connectivity index (χ0n) is 22.9. The lowest BCUT2D eigenvalue weighted by Crippen LogP contribution is -2.42. The van der Waals surface area contributed by atoms with Crippen LogP contribution in [0.1, 0.15) is 36.1 Å². The summed E-state index contributed by atoms with van der Waals surface area (Å²) in [6.45, 7) is 14.9. The molecule has 0 aliphatic carbocycles. The number of benzene rings is 2. The predicted octanol–water partition coefficient (Wildman–Crippen LogP) is 4.45. The molecule has 1 fully saturated rings. The number of nitrogens with zero attached hydrogens (tertiary/aromatic N) is 6. The number of piperazine rings is 1. The average Bonchev–Trinajstić information content (AvgIpc) is 3.33. The van der Waals surface area contributed by atoms with E-state index >= 15 is 0 Å². The molecule has 0 saturated carbocycles. The number of rotatable bonds is 4. The van der Waals surface area contributed by atoms with Crippen molar-refractivity contribution in [3.8, 4) is 0 Å². The van der Waals surface area contributed by atoms with Gasteiger partial charge in [0.15, 0.2) is 0 Å². The number of aryl methyl sites for hydroxylation is 4. The Hall–Kier alpha value is -4.20. The fourth-order valence-corrected chi connectivity index (χ4v) is 4.76. The molecule has 3 heterocycles. The second kappa shape index (κ2) is 9.93. The Bertz CT molecular complexity index is 1330. The molecule has 8 nitrogen and oxygen atoms in total. The van der Waals surface area contributed by atoms with Crippen LogP contribution >= 0.6 is 0 Å². The van der Waals surface area contributed by atoms with Crippen LogP contribution in [-0.2, 0) is 9.59 Å². The van der Waals surface area contributed by atoms with Crippen LogP contribution in [0.25, 0.3) is 0 Å². The van der Waals surface area contributed by atoms with Crippen LogP contribution in [-0.4, -0.2) is 59.2 Å². The first kappa shape index (κ1) is 25.4. The molecule has 2 amide bonds. The van der Waals surface area contributed by atoms with E-state index in [0.29, 0.717) is 22.6 Å². The first-order chi connectivity index (χ1) is 18.1. The van der Waals surface area contributed by atoms with Crippen molar-refractivity contribution in [3.05, 3.63) is 82.2 Å². The quantitative estimate of drug-likeness (QED) is 0.570. The monoisotopic (exact) mass is 510 g/mol. The standard InChI is InChI=1S/C30H34N6O2/c1-19-7-9-25(15-21(19)3)35-29(37)27(23(5)31-35)17-33-11-13-34(14-12-33)18-28-24(6)32-36(30(28)38)26-10-8-20(2)22(4)16-26/h7-10,15-18H,11-14H2,1-6H3. The van der Waals surface area contributed by atoms with Gasteiger partial charge in [-0.1, -0.05) is 12.1 Å². The van der Waals surface area contributed by atoms with Crippen LogP contribution in [0.4, 0.5) is 11.4 Å². The van der Waals surface area contributed by atoms with E-state index in [9.17, 15) is 9.59 Å². The number of hydrazone groups is 2. The summed E-state index contributed by atoms with van der Waals surface area (Å²) < 4.78 is 0. The van der Waals surface area contributed by atoms with Crippen LogP contribution in [0, 0.1) is 27.7 Å². The molecular weight excluding hydrogens is 476 g/mol. The van der Waals surface area contributed by atoms with E-state index < -0.39 is 0 Å². The number of hydrogen-bond acceptors (Lipinski definition) is 6. The first-order valence-electron chi connectivity index (χ1n) is 13.0. The maximum atomic E-state index is 13.2. The molecule has 2 aromatic rings. The molecule has 0 aromatic heterocycles. The third-order valence-corrected chi connectivity index (χ3v) is 7.57. The minimum atomic E-state index is -0.106. The molecule has 0 spiro atoms. The molecule has 196 valence electrons. The molecule has 3 aliphatic heterocycles. The highest BCUT2D eigenvalue weighted by atomic mass is 16.2. The smallest absolute Gasteiger partial charge is 0.282 e. The third-order valence-electron chi connectivity index (χ3n) is 7.57. The normalized spacial score (nSPS) is 20.3. The third kappa shape index (κ3) is 4.74. The van der Waals surface area contributed by atoms with E-state index in [-0.39, 0.29) is 11.8 Å². The van der Waals surface area contributed by atoms with Crippen molar-refractivity contribution in [2.24, 2.45) is 10.2 Å². The van der Waals surface area contributed by atoms with Crippen LogP contribution in [0.5, 0.6) is 0 Å². The Morgan fingerprint density at radius 3 is 1.29 bits per heavy atom. The van der Waals surface area contributed by atoms with Crippen molar-refractivity contribution in [2.75, 3.05) is 36.2 Å². The largest absolute Gasteiger partial charge is 0.373 e. The number of carbonyl (C=O) groups is 2. The summed E-state index contributed by atoms with van der Waals surface area (Å²) in [6, 6.07) is 11.9. The Morgan fingerprint density at radius 2 is 0.947 bits per heavy atom. The van der Waals surface area contributed by atoms with E-state index in [0.717, 1.165) is 48.7 Å². The summed E-state index contributed by atoms with van der Waals surface area (Å²) in [4.78, 5) is 30.7. The highest BCUT2D eigenvalue weighted by Gasteiger charge is 2.32. The fraction of sp³-hybridized carbons (Fsp3) is 0.333. The molecule has 1 saturated heterocycles. The van der Waals surface area contributed by atoms with E-state index in [1.165, 1.54) is 21.1 Å². The summed E-state index contributed by atoms with van der Waals surface area (Å²) in [7, 11) is 0. The van der Waals surface area contributed by atoms with Crippen LogP contribution < -0.4 is 10.0 Å². The minimum Gasteiger partial charge on any atom is -0.373 e. The highest BCUT2D eigenvalue weighted by molar-refractivity contribution is 6.30. The summed E-state index contributed by atoms with van der Waals surface area (Å²) in [5.41, 5.74) is 8.86. The van der Waals surface area contributed by atoms with Gasteiger partial charge < -0.3 is 9.80 Å². The molecule has 38 heavy (non-hydrogen) atoms. The van der Waals surface area contributed by atoms with Crippen molar-refractivity contribution in [1.29, 1.82) is 0 Å². The van der Waals surface area contributed by atoms with Crippen LogP contribution in [0.3, 0.4) is 0 Å². The predicted molar refractivity (Wildman–Crippen MR) is 152 cm³/mol. The number of carbonyl (C=O) groups excluding carboxylic acids is 2. The Kier molecular flexibility index (Phi) is 6.65. The Balaban J connectivity index is 1.24. The van der Waals surface area contributed by atoms with Crippen LogP contribution in [0.15, 0.2) is 70.1 Å². The maximum Gasteiger partial charge on any atom is 0.282 e. The molecule has 0 bridgehead atoms. The Labute approximate surface area is 224 Å². The van der Waals surface area contributed by atoms with Gasteiger partial charge in [0.25, 0.3) is 11.8 Å². The lowest BCUT2D eigenvalue weighted by molar-refractivity contribution is -0.115. The average molecular weight is 511 g/mol. The summed E-state index contributed by atoms with van der Waals surface area (Å²) in [5.74, 6) is -0.213.